The van der Waals surface area contributed by atoms with Gasteiger partial charge in [0, 0.05) is 24.4 Å². The van der Waals surface area contributed by atoms with Crippen LogP contribution in [0.3, 0.4) is 0 Å². The Balaban J connectivity index is 2.15. The van der Waals surface area contributed by atoms with Crippen molar-refractivity contribution in [2.24, 2.45) is 11.8 Å². The third kappa shape index (κ3) is 4.42. The maximum atomic E-state index is 11.8. The van der Waals surface area contributed by atoms with E-state index < -0.39 is 0 Å². The summed E-state index contributed by atoms with van der Waals surface area (Å²) in [5.41, 5.74) is 0. The second kappa shape index (κ2) is 7.28. The number of alkyl halides is 1. The van der Waals surface area contributed by atoms with E-state index >= 15 is 0 Å². The van der Waals surface area contributed by atoms with E-state index in [2.05, 4.69) is 28.2 Å². The standard InChI is InChI=1S/C12H22BrNO2/c1-9-4-3-5-11(9)12(15)14-7-6-10(13)8-16-2/h9-11H,3-8H2,1-2H3,(H,14,15). The van der Waals surface area contributed by atoms with Crippen molar-refractivity contribution in [3.63, 3.8) is 0 Å². The first-order chi connectivity index (χ1) is 7.65. The van der Waals surface area contributed by atoms with Crippen molar-refractivity contribution in [1.29, 1.82) is 0 Å². The van der Waals surface area contributed by atoms with Gasteiger partial charge in [0.2, 0.25) is 5.91 Å². The van der Waals surface area contributed by atoms with Gasteiger partial charge in [-0.15, -0.1) is 0 Å². The van der Waals surface area contributed by atoms with Gasteiger partial charge in [-0.25, -0.2) is 0 Å². The molecule has 94 valence electrons. The van der Waals surface area contributed by atoms with E-state index in [-0.39, 0.29) is 11.8 Å². The monoisotopic (exact) mass is 291 g/mol. The summed E-state index contributed by atoms with van der Waals surface area (Å²) in [6.45, 7) is 3.60. The van der Waals surface area contributed by atoms with Gasteiger partial charge in [0.1, 0.15) is 0 Å². The van der Waals surface area contributed by atoms with E-state index in [9.17, 15) is 4.79 Å². The average molecular weight is 292 g/mol. The molecule has 1 fully saturated rings. The van der Waals surface area contributed by atoms with Crippen LogP contribution in [0.5, 0.6) is 0 Å². The van der Waals surface area contributed by atoms with Gasteiger partial charge in [-0.2, -0.15) is 0 Å². The zero-order chi connectivity index (χ0) is 12.0. The zero-order valence-electron chi connectivity index (χ0n) is 10.2. The van der Waals surface area contributed by atoms with Gasteiger partial charge in [-0.1, -0.05) is 29.3 Å². The van der Waals surface area contributed by atoms with Crippen molar-refractivity contribution in [2.75, 3.05) is 20.3 Å². The Hall–Kier alpha value is -0.0900. The van der Waals surface area contributed by atoms with Crippen LogP contribution < -0.4 is 5.32 Å². The number of halogens is 1. The first-order valence-corrected chi connectivity index (χ1v) is 6.97. The maximum Gasteiger partial charge on any atom is 0.223 e. The van der Waals surface area contributed by atoms with Crippen LogP contribution in [-0.2, 0) is 9.53 Å². The van der Waals surface area contributed by atoms with Crippen LogP contribution in [0.1, 0.15) is 32.6 Å². The van der Waals surface area contributed by atoms with E-state index in [1.54, 1.807) is 7.11 Å². The zero-order valence-corrected chi connectivity index (χ0v) is 11.8. The van der Waals surface area contributed by atoms with Gasteiger partial charge in [-0.05, 0) is 25.2 Å². The fraction of sp³-hybridized carbons (Fsp3) is 0.917. The van der Waals surface area contributed by atoms with E-state index in [0.717, 1.165) is 19.4 Å². The number of nitrogens with one attached hydrogen (secondary N) is 1. The van der Waals surface area contributed by atoms with Crippen LogP contribution in [0.4, 0.5) is 0 Å². The van der Waals surface area contributed by atoms with Gasteiger partial charge in [0.15, 0.2) is 0 Å². The summed E-state index contributed by atoms with van der Waals surface area (Å²) < 4.78 is 5.02. The number of ether oxygens (including phenoxy) is 1. The molecule has 1 saturated carbocycles. The van der Waals surface area contributed by atoms with Gasteiger partial charge in [-0.3, -0.25) is 4.79 Å². The molecule has 0 spiro atoms. The van der Waals surface area contributed by atoms with Gasteiger partial charge in [0.25, 0.3) is 0 Å². The van der Waals surface area contributed by atoms with Gasteiger partial charge < -0.3 is 10.1 Å². The first-order valence-electron chi connectivity index (χ1n) is 6.06. The van der Waals surface area contributed by atoms with E-state index in [4.69, 9.17) is 4.74 Å². The molecule has 1 rings (SSSR count). The fourth-order valence-corrected chi connectivity index (χ4v) is 2.78. The number of carbonyl (C=O) groups is 1. The largest absolute Gasteiger partial charge is 0.384 e. The number of rotatable bonds is 6. The molecule has 3 unspecified atom stereocenters. The molecule has 0 heterocycles. The minimum absolute atomic E-state index is 0.238. The van der Waals surface area contributed by atoms with E-state index in [1.165, 1.54) is 12.8 Å². The highest BCUT2D eigenvalue weighted by Gasteiger charge is 2.29. The molecule has 1 aliphatic rings. The number of carbonyl (C=O) groups excluding carboxylic acids is 1. The topological polar surface area (TPSA) is 38.3 Å². The second-order valence-corrected chi connectivity index (χ2v) is 5.94. The fourth-order valence-electron chi connectivity index (χ4n) is 2.28. The third-order valence-corrected chi connectivity index (χ3v) is 4.02. The van der Waals surface area contributed by atoms with Crippen LogP contribution >= 0.6 is 15.9 Å². The summed E-state index contributed by atoms with van der Waals surface area (Å²) in [6.07, 6.45) is 4.37. The minimum atomic E-state index is 0.238. The highest BCUT2D eigenvalue weighted by molar-refractivity contribution is 9.09. The predicted molar refractivity (Wildman–Crippen MR) is 68.7 cm³/mol. The Morgan fingerprint density at radius 2 is 2.31 bits per heavy atom. The number of hydrogen-bond donors (Lipinski definition) is 1. The smallest absolute Gasteiger partial charge is 0.223 e. The third-order valence-electron chi connectivity index (χ3n) is 3.30. The molecule has 1 amide bonds. The molecule has 0 bridgehead atoms. The first kappa shape index (κ1) is 14.0. The van der Waals surface area contributed by atoms with Crippen LogP contribution in [0, 0.1) is 11.8 Å². The summed E-state index contributed by atoms with van der Waals surface area (Å²) in [6, 6.07) is 0. The van der Waals surface area contributed by atoms with Crippen LogP contribution in [0.25, 0.3) is 0 Å². The van der Waals surface area contributed by atoms with E-state index in [0.29, 0.717) is 17.4 Å². The molecule has 1 aliphatic carbocycles. The summed E-state index contributed by atoms with van der Waals surface area (Å²) >= 11 is 3.51. The van der Waals surface area contributed by atoms with Crippen molar-refractivity contribution in [1.82, 2.24) is 5.32 Å². The SMILES string of the molecule is COCC(Br)CCNC(=O)C1CCCC1C. The molecule has 0 aromatic carbocycles. The Morgan fingerprint density at radius 3 is 2.88 bits per heavy atom. The van der Waals surface area contributed by atoms with Gasteiger partial charge >= 0.3 is 0 Å². The summed E-state index contributed by atoms with van der Waals surface area (Å²) in [5, 5.41) is 3.02. The Kier molecular flexibility index (Phi) is 6.36. The molecule has 0 radical (unpaired) electrons. The molecule has 16 heavy (non-hydrogen) atoms. The maximum absolute atomic E-state index is 11.8. The van der Waals surface area contributed by atoms with Crippen molar-refractivity contribution >= 4 is 21.8 Å². The number of hydrogen-bond acceptors (Lipinski definition) is 2. The van der Waals surface area contributed by atoms with Crippen LogP contribution in [0.15, 0.2) is 0 Å². The summed E-state index contributed by atoms with van der Waals surface area (Å²) in [4.78, 5) is 12.2. The lowest BCUT2D eigenvalue weighted by atomic mass is 9.97. The Bertz CT molecular complexity index is 223. The normalized spacial score (nSPS) is 26.7. The average Bonchev–Trinajstić information content (AvgIpc) is 2.64. The quantitative estimate of drug-likeness (QED) is 0.763. The molecule has 0 aromatic heterocycles. The van der Waals surface area contributed by atoms with Crippen molar-refractivity contribution in [2.45, 2.75) is 37.4 Å². The summed E-state index contributed by atoms with van der Waals surface area (Å²) in [7, 11) is 1.69. The molecular formula is C12H22BrNO2. The van der Waals surface area contributed by atoms with Crippen molar-refractivity contribution in [3.05, 3.63) is 0 Å². The molecule has 0 aromatic rings. The molecule has 0 aliphatic heterocycles. The number of methoxy groups -OCH3 is 1. The predicted octanol–water partition coefficient (Wildman–Crippen LogP) is 2.34. The Morgan fingerprint density at radius 1 is 1.56 bits per heavy atom. The molecule has 0 saturated heterocycles. The van der Waals surface area contributed by atoms with Gasteiger partial charge in [0.05, 0.1) is 6.61 Å². The highest BCUT2D eigenvalue weighted by atomic mass is 79.9. The lowest BCUT2D eigenvalue weighted by molar-refractivity contribution is -0.125. The second-order valence-electron chi connectivity index (χ2n) is 4.65. The molecule has 3 atom stereocenters. The van der Waals surface area contributed by atoms with Crippen LogP contribution in [0.2, 0.25) is 0 Å². The van der Waals surface area contributed by atoms with Crippen molar-refractivity contribution < 1.29 is 9.53 Å². The molecule has 1 N–H and O–H groups in total. The van der Waals surface area contributed by atoms with E-state index in [1.807, 2.05) is 0 Å². The lowest BCUT2D eigenvalue weighted by Crippen LogP contribution is -2.33. The summed E-state index contributed by atoms with van der Waals surface area (Å²) in [5.74, 6) is 1.04. The molecule has 4 heteroatoms. The van der Waals surface area contributed by atoms with Crippen molar-refractivity contribution in [3.8, 4) is 0 Å². The number of amides is 1. The Labute approximate surface area is 106 Å². The molecule has 3 nitrogen and oxygen atoms in total. The highest BCUT2D eigenvalue weighted by Crippen LogP contribution is 2.31. The lowest BCUT2D eigenvalue weighted by Gasteiger charge is -2.16. The molecular weight excluding hydrogens is 270 g/mol. The van der Waals surface area contributed by atoms with Crippen LogP contribution in [-0.4, -0.2) is 31.0 Å². The minimum Gasteiger partial charge on any atom is -0.384 e.